The van der Waals surface area contributed by atoms with Crippen molar-refractivity contribution >= 4 is 21.6 Å². The lowest BCUT2D eigenvalue weighted by atomic mass is 10.2. The molecule has 0 atom stereocenters. The molecule has 0 bridgehead atoms. The molecule has 0 radical (unpaired) electrons. The Balaban J connectivity index is 1.59. The Morgan fingerprint density at radius 1 is 1.07 bits per heavy atom. The number of hydrogen-bond acceptors (Lipinski definition) is 5. The topological polar surface area (TPSA) is 106 Å². The first-order valence-electron chi connectivity index (χ1n) is 8.88. The smallest absolute Gasteiger partial charge is 0.277 e. The van der Waals surface area contributed by atoms with E-state index in [-0.39, 0.29) is 18.0 Å². The number of hydrogen-bond donors (Lipinski definition) is 2. The number of carbonyl (C=O) groups excluding carboxylic acids is 1. The van der Waals surface area contributed by atoms with Crippen LogP contribution in [0.3, 0.4) is 0 Å². The number of carbonyl (C=O) groups is 1. The van der Waals surface area contributed by atoms with Crippen LogP contribution in [-0.2, 0) is 22.3 Å². The number of rotatable bonds is 9. The summed E-state index contributed by atoms with van der Waals surface area (Å²) in [5.41, 5.74) is 2.39. The molecule has 0 aliphatic carbocycles. The third-order valence-electron chi connectivity index (χ3n) is 3.97. The number of nitrogens with zero attached hydrogens (tertiary/aromatic N) is 3. The third-order valence-corrected chi connectivity index (χ3v) is 5.29. The van der Waals surface area contributed by atoms with E-state index in [0.717, 1.165) is 5.56 Å². The van der Waals surface area contributed by atoms with Crippen LogP contribution in [0.25, 0.3) is 0 Å². The van der Waals surface area contributed by atoms with Gasteiger partial charge >= 0.3 is 0 Å². The molecule has 0 spiro atoms. The second-order valence-electron chi connectivity index (χ2n) is 6.33. The molecule has 0 saturated carbocycles. The van der Waals surface area contributed by atoms with Gasteiger partial charge in [0.05, 0.1) is 18.5 Å². The molecule has 0 aliphatic heterocycles. The third kappa shape index (κ3) is 6.09. The van der Waals surface area contributed by atoms with Crippen molar-refractivity contribution in [3.63, 3.8) is 0 Å². The lowest BCUT2D eigenvalue weighted by molar-refractivity contribution is 0.102. The fraction of sp³-hybridized carbons (Fsp3) is 0.150. The summed E-state index contributed by atoms with van der Waals surface area (Å²) in [4.78, 5) is 12.4. The maximum absolute atomic E-state index is 12.4. The maximum atomic E-state index is 12.4. The average Bonchev–Trinajstić information content (AvgIpc) is 3.17. The molecule has 1 aromatic heterocycles. The summed E-state index contributed by atoms with van der Waals surface area (Å²) in [5, 5.41) is 10.6. The van der Waals surface area contributed by atoms with E-state index in [9.17, 15) is 13.2 Å². The Morgan fingerprint density at radius 3 is 2.48 bits per heavy atom. The molecule has 0 aliphatic rings. The molecular weight excluding hydrogens is 390 g/mol. The molecule has 2 N–H and O–H groups in total. The minimum Gasteiger partial charge on any atom is -0.321 e. The number of anilines is 1. The fourth-order valence-electron chi connectivity index (χ4n) is 2.59. The molecule has 0 unspecified atom stereocenters. The van der Waals surface area contributed by atoms with Gasteiger partial charge in [0, 0.05) is 12.2 Å². The maximum Gasteiger partial charge on any atom is 0.277 e. The van der Waals surface area contributed by atoms with Crippen LogP contribution in [0.4, 0.5) is 5.69 Å². The van der Waals surface area contributed by atoms with E-state index in [1.165, 1.54) is 6.08 Å². The predicted molar refractivity (Wildman–Crippen MR) is 111 cm³/mol. The van der Waals surface area contributed by atoms with Gasteiger partial charge in [0.15, 0.2) is 5.69 Å². The first-order chi connectivity index (χ1) is 13.9. The second kappa shape index (κ2) is 9.26. The Labute approximate surface area is 169 Å². The minimum absolute atomic E-state index is 0.150. The quantitative estimate of drug-likeness (QED) is 0.525. The van der Waals surface area contributed by atoms with E-state index in [1.54, 1.807) is 35.1 Å². The van der Waals surface area contributed by atoms with Gasteiger partial charge < -0.3 is 5.32 Å². The van der Waals surface area contributed by atoms with Gasteiger partial charge in [-0.05, 0) is 23.3 Å². The van der Waals surface area contributed by atoms with Gasteiger partial charge in [0.1, 0.15) is 0 Å². The van der Waals surface area contributed by atoms with Crippen molar-refractivity contribution in [3.8, 4) is 0 Å². The van der Waals surface area contributed by atoms with Crippen LogP contribution >= 0.6 is 0 Å². The van der Waals surface area contributed by atoms with Gasteiger partial charge in [-0.2, -0.15) is 0 Å². The van der Waals surface area contributed by atoms with E-state index in [4.69, 9.17) is 0 Å². The summed E-state index contributed by atoms with van der Waals surface area (Å²) >= 11 is 0. The van der Waals surface area contributed by atoms with Gasteiger partial charge in [-0.1, -0.05) is 53.8 Å². The van der Waals surface area contributed by atoms with Crippen LogP contribution in [0.2, 0.25) is 0 Å². The zero-order valence-electron chi connectivity index (χ0n) is 15.7. The monoisotopic (exact) mass is 411 g/mol. The van der Waals surface area contributed by atoms with Crippen LogP contribution in [0.1, 0.15) is 21.6 Å². The molecule has 9 heteroatoms. The molecule has 0 saturated heterocycles. The highest BCUT2D eigenvalue weighted by atomic mass is 32.2. The van der Waals surface area contributed by atoms with Crippen molar-refractivity contribution in [3.05, 3.63) is 90.3 Å². The van der Waals surface area contributed by atoms with Crippen molar-refractivity contribution in [2.75, 3.05) is 11.9 Å². The van der Waals surface area contributed by atoms with E-state index in [1.807, 2.05) is 30.3 Å². The largest absolute Gasteiger partial charge is 0.321 e. The molecular formula is C20H21N5O3S. The van der Waals surface area contributed by atoms with E-state index >= 15 is 0 Å². The first kappa shape index (κ1) is 20.4. The van der Waals surface area contributed by atoms with Crippen LogP contribution < -0.4 is 10.0 Å². The summed E-state index contributed by atoms with van der Waals surface area (Å²) in [7, 11) is -3.43. The van der Waals surface area contributed by atoms with Crippen molar-refractivity contribution in [2.45, 2.75) is 12.3 Å². The Morgan fingerprint density at radius 2 is 1.79 bits per heavy atom. The summed E-state index contributed by atoms with van der Waals surface area (Å²) in [6.45, 7) is 4.18. The van der Waals surface area contributed by atoms with Gasteiger partial charge in [-0.15, -0.1) is 11.7 Å². The number of sulfonamides is 1. The molecule has 3 aromatic rings. The molecule has 150 valence electrons. The van der Waals surface area contributed by atoms with Gasteiger partial charge in [-0.25, -0.2) is 17.8 Å². The van der Waals surface area contributed by atoms with Crippen LogP contribution in [0.15, 0.2) is 73.4 Å². The zero-order chi connectivity index (χ0) is 20.7. The minimum atomic E-state index is -3.43. The van der Waals surface area contributed by atoms with Crippen molar-refractivity contribution in [1.29, 1.82) is 0 Å². The van der Waals surface area contributed by atoms with Crippen LogP contribution in [0.5, 0.6) is 0 Å². The number of benzene rings is 2. The van der Waals surface area contributed by atoms with E-state index in [0.29, 0.717) is 17.8 Å². The second-order valence-corrected chi connectivity index (χ2v) is 8.14. The van der Waals surface area contributed by atoms with Crippen molar-refractivity contribution in [1.82, 2.24) is 19.7 Å². The summed E-state index contributed by atoms with van der Waals surface area (Å²) in [6.07, 6.45) is 3.06. The highest BCUT2D eigenvalue weighted by Crippen LogP contribution is 2.13. The molecule has 0 fully saturated rings. The zero-order valence-corrected chi connectivity index (χ0v) is 16.5. The number of amides is 1. The highest BCUT2D eigenvalue weighted by molar-refractivity contribution is 7.88. The highest BCUT2D eigenvalue weighted by Gasteiger charge is 2.13. The Kier molecular flexibility index (Phi) is 6.53. The summed E-state index contributed by atoms with van der Waals surface area (Å²) in [5.74, 6) is -0.541. The average molecular weight is 411 g/mol. The molecule has 2 aromatic carbocycles. The molecule has 3 rings (SSSR count). The van der Waals surface area contributed by atoms with Gasteiger partial charge in [-0.3, -0.25) is 4.79 Å². The number of aromatic nitrogens is 3. The predicted octanol–water partition coefficient (Wildman–Crippen LogP) is 2.18. The lowest BCUT2D eigenvalue weighted by Crippen LogP contribution is -2.25. The van der Waals surface area contributed by atoms with Gasteiger partial charge in [0.2, 0.25) is 10.0 Å². The molecule has 1 heterocycles. The normalized spacial score (nSPS) is 11.2. The fourth-order valence-corrected chi connectivity index (χ4v) is 3.69. The summed E-state index contributed by atoms with van der Waals surface area (Å²) in [6, 6.07) is 16.3. The van der Waals surface area contributed by atoms with Crippen molar-refractivity contribution in [2.24, 2.45) is 0 Å². The molecule has 29 heavy (non-hydrogen) atoms. The Bertz CT molecular complexity index is 1080. The van der Waals surface area contributed by atoms with Gasteiger partial charge in [0.25, 0.3) is 5.91 Å². The molecule has 8 nitrogen and oxygen atoms in total. The summed E-state index contributed by atoms with van der Waals surface area (Å²) < 4.78 is 27.8. The Hall–Kier alpha value is -3.30. The lowest BCUT2D eigenvalue weighted by Gasteiger charge is -2.07. The first-order valence-corrected chi connectivity index (χ1v) is 10.5. The number of nitrogens with one attached hydrogen (secondary N) is 2. The van der Waals surface area contributed by atoms with Crippen LogP contribution in [0, 0.1) is 0 Å². The van der Waals surface area contributed by atoms with Crippen LogP contribution in [-0.4, -0.2) is 35.9 Å². The molecule has 1 amide bonds. The van der Waals surface area contributed by atoms with E-state index in [2.05, 4.69) is 26.9 Å². The van der Waals surface area contributed by atoms with Crippen molar-refractivity contribution < 1.29 is 13.2 Å². The standard InChI is InChI=1S/C20H21N5O3S/c1-2-12-21-29(27,28)15-17-8-10-18(11-9-17)22-20(26)19-14-25(24-23-19)13-16-6-4-3-5-7-16/h2-11,14,21H,1,12-13,15H2,(H,22,26). The van der Waals surface area contributed by atoms with E-state index < -0.39 is 15.9 Å². The SMILES string of the molecule is C=CCNS(=O)(=O)Cc1ccc(NC(=O)c2cn(Cc3ccccc3)nn2)cc1.